The smallest absolute Gasteiger partial charge is 0.328 e. The molecule has 0 bridgehead atoms. The third kappa shape index (κ3) is 9.23. The molecule has 0 heterocycles. The van der Waals surface area contributed by atoms with Crippen molar-refractivity contribution < 1.29 is 39.3 Å². The van der Waals surface area contributed by atoms with Gasteiger partial charge in [0, 0.05) is 12.8 Å². The Balaban J connectivity index is 3.00. The lowest BCUT2D eigenvalue weighted by molar-refractivity contribution is -0.144. The summed E-state index contributed by atoms with van der Waals surface area (Å²) in [7, 11) is 0. The summed E-state index contributed by atoms with van der Waals surface area (Å²) in [5.41, 5.74) is 6.00. The summed E-state index contributed by atoms with van der Waals surface area (Å²) in [6.07, 6.45) is -0.763. The Morgan fingerprint density at radius 3 is 1.97 bits per heavy atom. The van der Waals surface area contributed by atoms with Gasteiger partial charge in [-0.05, 0) is 12.0 Å². The van der Waals surface area contributed by atoms with Crippen LogP contribution in [0.3, 0.4) is 0 Å². The summed E-state index contributed by atoms with van der Waals surface area (Å²) in [4.78, 5) is 58.9. The number of nitrogens with one attached hydrogen (secondary N) is 3. The minimum atomic E-state index is -1.63. The van der Waals surface area contributed by atoms with Gasteiger partial charge in [-0.25, -0.2) is 4.79 Å². The van der Waals surface area contributed by atoms with Gasteiger partial charge >= 0.3 is 11.9 Å². The molecule has 1 aromatic rings. The Morgan fingerprint density at radius 1 is 0.871 bits per heavy atom. The van der Waals surface area contributed by atoms with E-state index in [1.54, 1.807) is 30.3 Å². The SMILES string of the molecule is NCC(=O)NC(Cc1ccccc1)C(=O)NC(CCC(=O)O)C(=O)NC(CO)C(=O)O. The number of amides is 3. The normalized spacial score (nSPS) is 13.4. The fraction of sp³-hybridized carbons (Fsp3) is 0.421. The molecule has 8 N–H and O–H groups in total. The molecular weight excluding hydrogens is 412 g/mol. The summed E-state index contributed by atoms with van der Waals surface area (Å²) < 4.78 is 0. The van der Waals surface area contributed by atoms with Gasteiger partial charge < -0.3 is 37.0 Å². The first-order valence-electron chi connectivity index (χ1n) is 9.37. The molecule has 0 aliphatic carbocycles. The van der Waals surface area contributed by atoms with Gasteiger partial charge in [0.15, 0.2) is 0 Å². The maximum atomic E-state index is 12.8. The number of carbonyl (C=O) groups excluding carboxylic acids is 3. The second kappa shape index (κ2) is 12.9. The maximum Gasteiger partial charge on any atom is 0.328 e. The van der Waals surface area contributed by atoms with Crippen LogP contribution in [0.1, 0.15) is 18.4 Å². The minimum absolute atomic E-state index is 0.0695. The van der Waals surface area contributed by atoms with Crippen molar-refractivity contribution in [2.45, 2.75) is 37.4 Å². The van der Waals surface area contributed by atoms with Crippen molar-refractivity contribution in [1.29, 1.82) is 0 Å². The van der Waals surface area contributed by atoms with Crippen LogP contribution in [0.25, 0.3) is 0 Å². The number of aliphatic hydroxyl groups excluding tert-OH is 1. The molecular formula is C19H26N4O8. The molecule has 0 saturated heterocycles. The van der Waals surface area contributed by atoms with Gasteiger partial charge in [0.1, 0.15) is 18.1 Å². The van der Waals surface area contributed by atoms with Crippen LogP contribution in [-0.4, -0.2) is 76.3 Å². The molecule has 12 nitrogen and oxygen atoms in total. The van der Waals surface area contributed by atoms with Gasteiger partial charge in [0.05, 0.1) is 13.2 Å². The lowest BCUT2D eigenvalue weighted by Crippen LogP contribution is -2.57. The second-order valence-electron chi connectivity index (χ2n) is 6.59. The third-order valence-corrected chi connectivity index (χ3v) is 4.20. The molecule has 0 fully saturated rings. The molecule has 0 spiro atoms. The van der Waals surface area contributed by atoms with Crippen LogP contribution >= 0.6 is 0 Å². The van der Waals surface area contributed by atoms with Crippen LogP contribution in [0.5, 0.6) is 0 Å². The molecule has 0 aromatic heterocycles. The molecule has 0 aliphatic heterocycles. The number of carboxylic acids is 2. The van der Waals surface area contributed by atoms with Crippen molar-refractivity contribution in [2.24, 2.45) is 5.73 Å². The van der Waals surface area contributed by atoms with E-state index in [-0.39, 0.29) is 19.4 Å². The zero-order valence-corrected chi connectivity index (χ0v) is 16.6. The average molecular weight is 438 g/mol. The number of aliphatic hydroxyl groups is 1. The van der Waals surface area contributed by atoms with Gasteiger partial charge in [-0.3, -0.25) is 19.2 Å². The van der Waals surface area contributed by atoms with Crippen molar-refractivity contribution in [3.8, 4) is 0 Å². The van der Waals surface area contributed by atoms with Crippen molar-refractivity contribution in [3.05, 3.63) is 35.9 Å². The van der Waals surface area contributed by atoms with Gasteiger partial charge in [-0.1, -0.05) is 30.3 Å². The first kappa shape index (κ1) is 25.5. The second-order valence-corrected chi connectivity index (χ2v) is 6.59. The van der Waals surface area contributed by atoms with E-state index in [9.17, 15) is 24.0 Å². The van der Waals surface area contributed by atoms with Gasteiger partial charge in [0.2, 0.25) is 17.7 Å². The number of hydrogen-bond donors (Lipinski definition) is 7. The highest BCUT2D eigenvalue weighted by molar-refractivity contribution is 5.94. The van der Waals surface area contributed by atoms with E-state index < -0.39 is 60.8 Å². The van der Waals surface area contributed by atoms with Crippen LogP contribution in [0, 0.1) is 0 Å². The maximum absolute atomic E-state index is 12.8. The van der Waals surface area contributed by atoms with Crippen LogP contribution in [0.15, 0.2) is 30.3 Å². The fourth-order valence-corrected chi connectivity index (χ4v) is 2.58. The number of carbonyl (C=O) groups is 5. The number of hydrogen-bond acceptors (Lipinski definition) is 7. The van der Waals surface area contributed by atoms with Crippen LogP contribution in [-0.2, 0) is 30.4 Å². The van der Waals surface area contributed by atoms with E-state index in [1.807, 2.05) is 5.32 Å². The standard InChI is InChI=1S/C19H26N4O8/c20-9-15(25)21-13(8-11-4-2-1-3-5-11)18(29)22-12(6-7-16(26)27)17(28)23-14(10-24)19(30)31/h1-5,12-14,24H,6-10,20H2,(H,21,25)(H,22,29)(H,23,28)(H,26,27)(H,30,31). The Bertz CT molecular complexity index is 786. The van der Waals surface area contributed by atoms with Crippen LogP contribution in [0.2, 0.25) is 0 Å². The lowest BCUT2D eigenvalue weighted by Gasteiger charge is -2.24. The summed E-state index contributed by atoms with van der Waals surface area (Å²) in [5, 5.41) is 33.8. The van der Waals surface area contributed by atoms with E-state index in [0.717, 1.165) is 0 Å². The average Bonchev–Trinajstić information content (AvgIpc) is 2.74. The number of nitrogens with two attached hydrogens (primary N) is 1. The monoisotopic (exact) mass is 438 g/mol. The zero-order valence-electron chi connectivity index (χ0n) is 16.6. The van der Waals surface area contributed by atoms with Crippen LogP contribution in [0.4, 0.5) is 0 Å². The van der Waals surface area contributed by atoms with Crippen molar-refractivity contribution in [3.63, 3.8) is 0 Å². The molecule has 0 aliphatic rings. The number of carboxylic acid groups (broad SMARTS) is 2. The van der Waals surface area contributed by atoms with Crippen molar-refractivity contribution >= 4 is 29.7 Å². The Morgan fingerprint density at radius 2 is 1.45 bits per heavy atom. The first-order valence-corrected chi connectivity index (χ1v) is 9.37. The molecule has 31 heavy (non-hydrogen) atoms. The van der Waals surface area contributed by atoms with Crippen molar-refractivity contribution in [2.75, 3.05) is 13.2 Å². The quantitative estimate of drug-likeness (QED) is 0.175. The van der Waals surface area contributed by atoms with Gasteiger partial charge in [-0.15, -0.1) is 0 Å². The molecule has 1 rings (SSSR count). The predicted octanol–water partition coefficient (Wildman–Crippen LogP) is -2.42. The molecule has 0 saturated carbocycles. The summed E-state index contributed by atoms with van der Waals surface area (Å²) in [6.45, 7) is -1.28. The molecule has 3 atom stereocenters. The zero-order chi connectivity index (χ0) is 23.4. The summed E-state index contributed by atoms with van der Waals surface area (Å²) >= 11 is 0. The predicted molar refractivity (Wildman–Crippen MR) is 107 cm³/mol. The molecule has 170 valence electrons. The van der Waals surface area contributed by atoms with E-state index >= 15 is 0 Å². The molecule has 3 amide bonds. The van der Waals surface area contributed by atoms with Crippen molar-refractivity contribution in [1.82, 2.24) is 16.0 Å². The van der Waals surface area contributed by atoms with Gasteiger partial charge in [0.25, 0.3) is 0 Å². The van der Waals surface area contributed by atoms with Gasteiger partial charge in [-0.2, -0.15) is 0 Å². The summed E-state index contributed by atoms with van der Waals surface area (Å²) in [5.74, 6) is -5.13. The topological polar surface area (TPSA) is 208 Å². The molecule has 1 aromatic carbocycles. The van der Waals surface area contributed by atoms with E-state index in [2.05, 4.69) is 10.6 Å². The van der Waals surface area contributed by atoms with Crippen LogP contribution < -0.4 is 21.7 Å². The Labute approximate surface area is 177 Å². The molecule has 3 unspecified atom stereocenters. The third-order valence-electron chi connectivity index (χ3n) is 4.20. The first-order chi connectivity index (χ1) is 14.7. The Kier molecular flexibility index (Phi) is 10.6. The number of aliphatic carboxylic acids is 2. The Hall–Kier alpha value is -3.51. The lowest BCUT2D eigenvalue weighted by atomic mass is 10.0. The fourth-order valence-electron chi connectivity index (χ4n) is 2.58. The summed E-state index contributed by atoms with van der Waals surface area (Å²) in [6, 6.07) is 4.52. The van der Waals surface area contributed by atoms with E-state index in [0.29, 0.717) is 5.56 Å². The highest BCUT2D eigenvalue weighted by atomic mass is 16.4. The van der Waals surface area contributed by atoms with E-state index in [1.165, 1.54) is 0 Å². The van der Waals surface area contributed by atoms with E-state index in [4.69, 9.17) is 21.1 Å². The number of benzene rings is 1. The number of rotatable bonds is 13. The highest BCUT2D eigenvalue weighted by Gasteiger charge is 2.29. The highest BCUT2D eigenvalue weighted by Crippen LogP contribution is 2.06. The minimum Gasteiger partial charge on any atom is -0.481 e. The molecule has 12 heteroatoms. The molecule has 0 radical (unpaired) electrons. The largest absolute Gasteiger partial charge is 0.481 e.